The van der Waals surface area contributed by atoms with Crippen molar-refractivity contribution < 1.29 is 4.79 Å². The third-order valence-corrected chi connectivity index (χ3v) is 6.10. The van der Waals surface area contributed by atoms with Crippen LogP contribution in [-0.4, -0.2) is 40.1 Å². The van der Waals surface area contributed by atoms with E-state index in [0.717, 1.165) is 25.8 Å². The third kappa shape index (κ3) is 4.33. The number of pyridine rings is 1. The number of hydrogen-bond donors (Lipinski definition) is 1. The van der Waals surface area contributed by atoms with Crippen LogP contribution in [0.25, 0.3) is 11.2 Å². The summed E-state index contributed by atoms with van der Waals surface area (Å²) in [7, 11) is 1.73. The highest BCUT2D eigenvalue weighted by molar-refractivity contribution is 5.79. The maximum Gasteiger partial charge on any atom is 0.294 e. The van der Waals surface area contributed by atoms with E-state index in [2.05, 4.69) is 21.4 Å². The van der Waals surface area contributed by atoms with E-state index in [1.54, 1.807) is 17.8 Å². The Labute approximate surface area is 170 Å². The molecule has 0 saturated carbocycles. The Morgan fingerprint density at radius 2 is 2.10 bits per heavy atom. The summed E-state index contributed by atoms with van der Waals surface area (Å²) in [5.41, 5.74) is 2.64. The lowest BCUT2D eigenvalue weighted by atomic mass is 9.95. The van der Waals surface area contributed by atoms with Gasteiger partial charge in [-0.25, -0.2) is 9.97 Å². The number of carbonyl (C=O) groups is 1. The Bertz CT molecular complexity index is 973. The minimum absolute atomic E-state index is 0.0116. The highest BCUT2D eigenvalue weighted by atomic mass is 16.2. The van der Waals surface area contributed by atoms with Gasteiger partial charge in [-0.3, -0.25) is 14.2 Å². The highest BCUT2D eigenvalue weighted by Gasteiger charge is 2.27. The molecule has 1 aliphatic heterocycles. The van der Waals surface area contributed by atoms with Crippen molar-refractivity contribution in [2.75, 3.05) is 24.5 Å². The molecule has 2 aromatic heterocycles. The first kappa shape index (κ1) is 19.6. The molecule has 1 amide bonds. The largest absolute Gasteiger partial charge is 0.356 e. The van der Waals surface area contributed by atoms with E-state index in [4.69, 9.17) is 0 Å². The Morgan fingerprint density at radius 1 is 1.28 bits per heavy atom. The van der Waals surface area contributed by atoms with Crippen molar-refractivity contribution in [3.8, 4) is 0 Å². The van der Waals surface area contributed by atoms with E-state index in [9.17, 15) is 9.59 Å². The van der Waals surface area contributed by atoms with Gasteiger partial charge in [-0.2, -0.15) is 0 Å². The number of piperidine rings is 1. The van der Waals surface area contributed by atoms with Gasteiger partial charge in [-0.1, -0.05) is 11.6 Å². The van der Waals surface area contributed by atoms with Crippen LogP contribution in [-0.2, 0) is 11.8 Å². The van der Waals surface area contributed by atoms with Crippen LogP contribution < -0.4 is 15.8 Å². The first-order valence-electron chi connectivity index (χ1n) is 10.7. The van der Waals surface area contributed by atoms with Gasteiger partial charge in [0.25, 0.3) is 5.56 Å². The smallest absolute Gasteiger partial charge is 0.294 e. The fraction of sp³-hybridized carbons (Fsp3) is 0.545. The van der Waals surface area contributed by atoms with Crippen molar-refractivity contribution in [1.82, 2.24) is 19.9 Å². The van der Waals surface area contributed by atoms with Gasteiger partial charge in [0, 0.05) is 38.8 Å². The molecule has 154 valence electrons. The lowest BCUT2D eigenvalue weighted by molar-refractivity contribution is -0.125. The number of amides is 1. The van der Waals surface area contributed by atoms with E-state index >= 15 is 0 Å². The summed E-state index contributed by atoms with van der Waals surface area (Å²) in [6.45, 7) is 2.05. The summed E-state index contributed by atoms with van der Waals surface area (Å²) in [4.78, 5) is 36.1. The molecule has 0 atom stereocenters. The average Bonchev–Trinajstić information content (AvgIpc) is 2.77. The molecule has 3 heterocycles. The average molecular weight is 396 g/mol. The van der Waals surface area contributed by atoms with Crippen LogP contribution in [0.15, 0.2) is 34.8 Å². The van der Waals surface area contributed by atoms with Gasteiger partial charge in [0.15, 0.2) is 11.5 Å². The van der Waals surface area contributed by atoms with Crippen molar-refractivity contribution in [3.63, 3.8) is 0 Å². The predicted octanol–water partition coefficient (Wildman–Crippen LogP) is 2.55. The first-order valence-corrected chi connectivity index (χ1v) is 10.7. The van der Waals surface area contributed by atoms with Gasteiger partial charge in [0.1, 0.15) is 5.52 Å². The summed E-state index contributed by atoms with van der Waals surface area (Å²) in [6, 6.07) is 3.69. The molecule has 1 aliphatic carbocycles. The van der Waals surface area contributed by atoms with Gasteiger partial charge in [-0.15, -0.1) is 0 Å². The molecular weight excluding hydrogens is 366 g/mol. The molecular formula is C22H29N5O2. The van der Waals surface area contributed by atoms with E-state index in [0.29, 0.717) is 30.1 Å². The number of rotatable bonds is 5. The maximum absolute atomic E-state index is 12.7. The molecule has 0 aromatic carbocycles. The molecule has 1 saturated heterocycles. The summed E-state index contributed by atoms with van der Waals surface area (Å²) in [5.74, 6) is 0.610. The second-order valence-corrected chi connectivity index (χ2v) is 8.06. The highest BCUT2D eigenvalue weighted by Crippen LogP contribution is 2.22. The minimum Gasteiger partial charge on any atom is -0.356 e. The van der Waals surface area contributed by atoms with Gasteiger partial charge < -0.3 is 10.2 Å². The molecule has 4 rings (SSSR count). The monoisotopic (exact) mass is 395 g/mol. The predicted molar refractivity (Wildman–Crippen MR) is 114 cm³/mol. The van der Waals surface area contributed by atoms with E-state index in [-0.39, 0.29) is 17.4 Å². The third-order valence-electron chi connectivity index (χ3n) is 6.10. The minimum atomic E-state index is -0.139. The second-order valence-electron chi connectivity index (χ2n) is 8.06. The van der Waals surface area contributed by atoms with Crippen LogP contribution >= 0.6 is 0 Å². The van der Waals surface area contributed by atoms with Gasteiger partial charge in [0.2, 0.25) is 5.91 Å². The standard InChI is InChI=1S/C22H29N5O2/c1-26-19-18(8-5-12-23-19)25-20(22(26)29)27-14-10-17(11-15-27)21(28)24-13-9-16-6-3-2-4-7-16/h5-6,8,12,17H,2-4,7,9-11,13-15H2,1H3,(H,24,28). The van der Waals surface area contributed by atoms with E-state index in [1.807, 2.05) is 17.0 Å². The van der Waals surface area contributed by atoms with Crippen molar-refractivity contribution in [3.05, 3.63) is 40.3 Å². The molecule has 2 aliphatic rings. The Balaban J connectivity index is 1.34. The fourth-order valence-electron chi connectivity index (χ4n) is 4.32. The number of aromatic nitrogens is 3. The molecule has 0 bridgehead atoms. The van der Waals surface area contributed by atoms with E-state index in [1.165, 1.54) is 31.3 Å². The van der Waals surface area contributed by atoms with Crippen molar-refractivity contribution in [2.24, 2.45) is 13.0 Å². The zero-order valence-corrected chi connectivity index (χ0v) is 17.1. The second kappa shape index (κ2) is 8.76. The van der Waals surface area contributed by atoms with Crippen LogP contribution in [0.3, 0.4) is 0 Å². The SMILES string of the molecule is Cn1c(=O)c(N2CCC(C(=O)NCCC3=CCCCC3)CC2)nc2cccnc21. The van der Waals surface area contributed by atoms with Gasteiger partial charge >= 0.3 is 0 Å². The zero-order chi connectivity index (χ0) is 20.2. The lowest BCUT2D eigenvalue weighted by Gasteiger charge is -2.32. The molecule has 1 N–H and O–H groups in total. The van der Waals surface area contributed by atoms with Crippen LogP contribution in [0.4, 0.5) is 5.82 Å². The number of nitrogens with zero attached hydrogens (tertiary/aromatic N) is 4. The number of hydrogen-bond acceptors (Lipinski definition) is 5. The molecule has 0 unspecified atom stereocenters. The van der Waals surface area contributed by atoms with Crippen LogP contribution in [0, 0.1) is 5.92 Å². The summed E-state index contributed by atoms with van der Waals surface area (Å²) < 4.78 is 1.55. The Hall–Kier alpha value is -2.70. The fourth-order valence-corrected chi connectivity index (χ4v) is 4.32. The molecule has 0 radical (unpaired) electrons. The van der Waals surface area contributed by atoms with Gasteiger partial charge in [0.05, 0.1) is 0 Å². The molecule has 7 nitrogen and oxygen atoms in total. The summed E-state index contributed by atoms with van der Waals surface area (Å²) >= 11 is 0. The number of nitrogens with one attached hydrogen (secondary N) is 1. The topological polar surface area (TPSA) is 80.1 Å². The quantitative estimate of drug-likeness (QED) is 0.787. The Kier molecular flexibility index (Phi) is 5.92. The molecule has 0 spiro atoms. The number of aryl methyl sites for hydroxylation is 1. The lowest BCUT2D eigenvalue weighted by Crippen LogP contribution is -2.43. The summed E-state index contributed by atoms with van der Waals surface area (Å²) in [6.07, 6.45) is 11.4. The molecule has 2 aromatic rings. The van der Waals surface area contributed by atoms with Crippen molar-refractivity contribution in [1.29, 1.82) is 0 Å². The number of fused-ring (bicyclic) bond motifs is 1. The number of anilines is 1. The van der Waals surface area contributed by atoms with Crippen molar-refractivity contribution in [2.45, 2.75) is 44.9 Å². The van der Waals surface area contributed by atoms with Crippen LogP contribution in [0.1, 0.15) is 44.9 Å². The van der Waals surface area contributed by atoms with E-state index < -0.39 is 0 Å². The molecule has 7 heteroatoms. The zero-order valence-electron chi connectivity index (χ0n) is 17.1. The number of allylic oxidation sites excluding steroid dienone is 1. The molecule has 29 heavy (non-hydrogen) atoms. The van der Waals surface area contributed by atoms with Crippen LogP contribution in [0.2, 0.25) is 0 Å². The Morgan fingerprint density at radius 3 is 2.86 bits per heavy atom. The summed E-state index contributed by atoms with van der Waals surface area (Å²) in [5, 5.41) is 3.11. The van der Waals surface area contributed by atoms with Crippen LogP contribution in [0.5, 0.6) is 0 Å². The maximum atomic E-state index is 12.7. The van der Waals surface area contributed by atoms with Crippen molar-refractivity contribution >= 4 is 22.9 Å². The van der Waals surface area contributed by atoms with Gasteiger partial charge in [-0.05, 0) is 57.1 Å². The first-order chi connectivity index (χ1) is 14.1. The normalized spacial score (nSPS) is 18.0. The number of carbonyl (C=O) groups excluding carboxylic acids is 1. The molecule has 1 fully saturated rings.